The number of carbonyl (C=O) groups is 1. The van der Waals surface area contributed by atoms with E-state index in [2.05, 4.69) is 10.2 Å². The Morgan fingerprint density at radius 1 is 1.47 bits per heavy atom. The first kappa shape index (κ1) is 11.2. The van der Waals surface area contributed by atoms with E-state index < -0.39 is 5.38 Å². The van der Waals surface area contributed by atoms with E-state index in [0.717, 1.165) is 19.4 Å². The number of hydrogen-bond acceptors (Lipinski definition) is 2. The van der Waals surface area contributed by atoms with Crippen LogP contribution in [0.15, 0.2) is 0 Å². The number of alkyl halides is 1. The van der Waals surface area contributed by atoms with E-state index in [1.54, 1.807) is 6.92 Å². The van der Waals surface area contributed by atoms with Gasteiger partial charge in [-0.3, -0.25) is 4.79 Å². The van der Waals surface area contributed by atoms with Crippen molar-refractivity contribution in [2.24, 2.45) is 0 Å². The van der Waals surface area contributed by atoms with Crippen molar-refractivity contribution in [1.82, 2.24) is 10.2 Å². The Labute approximate surface area is 96.2 Å². The molecule has 3 nitrogen and oxygen atoms in total. The lowest BCUT2D eigenvalue weighted by Gasteiger charge is -2.35. The van der Waals surface area contributed by atoms with Gasteiger partial charge in [0.15, 0.2) is 0 Å². The molecule has 0 saturated carbocycles. The normalized spacial score (nSPS) is 33.5. The van der Waals surface area contributed by atoms with Gasteiger partial charge in [0.25, 0.3) is 0 Å². The number of piperidine rings is 1. The van der Waals surface area contributed by atoms with E-state index >= 15 is 0 Å². The number of nitrogens with one attached hydrogen (secondary N) is 1. The van der Waals surface area contributed by atoms with Gasteiger partial charge in [0.1, 0.15) is 5.38 Å². The second-order valence-corrected chi connectivity index (χ2v) is 5.33. The molecule has 0 radical (unpaired) electrons. The van der Waals surface area contributed by atoms with Gasteiger partial charge in [0.05, 0.1) is 0 Å². The Hall–Kier alpha value is -0.280. The molecule has 2 aliphatic rings. The van der Waals surface area contributed by atoms with Crippen molar-refractivity contribution >= 4 is 17.5 Å². The van der Waals surface area contributed by atoms with Gasteiger partial charge in [-0.25, -0.2) is 0 Å². The second kappa shape index (κ2) is 4.71. The van der Waals surface area contributed by atoms with Crippen LogP contribution in [0.1, 0.15) is 32.6 Å². The van der Waals surface area contributed by atoms with E-state index in [0.29, 0.717) is 12.1 Å². The average molecular weight is 231 g/mol. The summed E-state index contributed by atoms with van der Waals surface area (Å²) < 4.78 is 0. The second-order valence-electron chi connectivity index (χ2n) is 4.68. The third-order valence-electron chi connectivity index (χ3n) is 3.53. The molecule has 2 aliphatic heterocycles. The summed E-state index contributed by atoms with van der Waals surface area (Å²) in [7, 11) is 0. The highest BCUT2D eigenvalue weighted by atomic mass is 35.5. The van der Waals surface area contributed by atoms with Crippen LogP contribution < -0.4 is 5.32 Å². The molecule has 2 rings (SSSR count). The first-order chi connectivity index (χ1) is 7.16. The molecule has 0 spiro atoms. The van der Waals surface area contributed by atoms with E-state index in [1.807, 2.05) is 0 Å². The molecule has 15 heavy (non-hydrogen) atoms. The molecule has 0 aromatic heterocycles. The van der Waals surface area contributed by atoms with Gasteiger partial charge < -0.3 is 10.2 Å². The van der Waals surface area contributed by atoms with Gasteiger partial charge in [-0.05, 0) is 39.2 Å². The standard InChI is InChI=1S/C11H19ClN2O/c1-8(12)11(15)13-9-4-6-14-5-2-3-10(14)7-9/h8-10H,2-7H2,1H3,(H,13,15). The zero-order valence-electron chi connectivity index (χ0n) is 9.21. The fourth-order valence-corrected chi connectivity index (χ4v) is 2.73. The Kier molecular flexibility index (Phi) is 3.52. The molecule has 0 bridgehead atoms. The van der Waals surface area contributed by atoms with Crippen molar-refractivity contribution in [3.05, 3.63) is 0 Å². The van der Waals surface area contributed by atoms with E-state index in [1.165, 1.54) is 19.4 Å². The van der Waals surface area contributed by atoms with E-state index in [4.69, 9.17) is 11.6 Å². The summed E-state index contributed by atoms with van der Waals surface area (Å²) in [6, 6.07) is 1.05. The summed E-state index contributed by atoms with van der Waals surface area (Å²) in [5.41, 5.74) is 0. The predicted octanol–water partition coefficient (Wildman–Crippen LogP) is 1.36. The quantitative estimate of drug-likeness (QED) is 0.727. The average Bonchev–Trinajstić information content (AvgIpc) is 2.64. The Morgan fingerprint density at radius 2 is 2.27 bits per heavy atom. The monoisotopic (exact) mass is 230 g/mol. The molecule has 0 aromatic carbocycles. The smallest absolute Gasteiger partial charge is 0.237 e. The zero-order valence-corrected chi connectivity index (χ0v) is 9.96. The Morgan fingerprint density at radius 3 is 3.00 bits per heavy atom. The number of amides is 1. The van der Waals surface area contributed by atoms with Crippen molar-refractivity contribution in [2.75, 3.05) is 13.1 Å². The van der Waals surface area contributed by atoms with E-state index in [-0.39, 0.29) is 5.91 Å². The Bertz CT molecular complexity index is 245. The molecule has 1 N–H and O–H groups in total. The number of carbonyl (C=O) groups excluding carboxylic acids is 1. The van der Waals surface area contributed by atoms with Crippen LogP contribution in [0.5, 0.6) is 0 Å². The van der Waals surface area contributed by atoms with Gasteiger partial charge in [0, 0.05) is 18.6 Å². The minimum absolute atomic E-state index is 0.0203. The van der Waals surface area contributed by atoms with Gasteiger partial charge in [-0.1, -0.05) is 0 Å². The van der Waals surface area contributed by atoms with Gasteiger partial charge >= 0.3 is 0 Å². The number of nitrogens with zero attached hydrogens (tertiary/aromatic N) is 1. The van der Waals surface area contributed by atoms with Crippen LogP contribution in [0.2, 0.25) is 0 Å². The maximum absolute atomic E-state index is 11.4. The minimum Gasteiger partial charge on any atom is -0.352 e. The van der Waals surface area contributed by atoms with Gasteiger partial charge in [0.2, 0.25) is 5.91 Å². The highest BCUT2D eigenvalue weighted by molar-refractivity contribution is 6.30. The SMILES string of the molecule is CC(Cl)C(=O)NC1CCN2CCCC2C1. The van der Waals surface area contributed by atoms with Crippen LogP contribution >= 0.6 is 11.6 Å². The lowest BCUT2D eigenvalue weighted by Crippen LogP contribution is -2.48. The molecule has 4 heteroatoms. The largest absolute Gasteiger partial charge is 0.352 e. The molecule has 2 fully saturated rings. The van der Waals surface area contributed by atoms with Crippen LogP contribution in [-0.2, 0) is 4.79 Å². The number of fused-ring (bicyclic) bond motifs is 1. The molecule has 0 aliphatic carbocycles. The maximum Gasteiger partial charge on any atom is 0.237 e. The zero-order chi connectivity index (χ0) is 10.8. The topological polar surface area (TPSA) is 32.3 Å². The lowest BCUT2D eigenvalue weighted by atomic mass is 9.97. The molecular weight excluding hydrogens is 212 g/mol. The summed E-state index contributed by atoms with van der Waals surface area (Å²) in [6.45, 7) is 4.10. The highest BCUT2D eigenvalue weighted by Crippen LogP contribution is 2.26. The Balaban J connectivity index is 1.82. The van der Waals surface area contributed by atoms with Crippen LogP contribution in [-0.4, -0.2) is 41.4 Å². The first-order valence-electron chi connectivity index (χ1n) is 5.85. The van der Waals surface area contributed by atoms with Crippen molar-refractivity contribution in [3.63, 3.8) is 0 Å². The predicted molar refractivity (Wildman–Crippen MR) is 61.1 cm³/mol. The molecule has 86 valence electrons. The fraction of sp³-hybridized carbons (Fsp3) is 0.909. The van der Waals surface area contributed by atoms with Crippen molar-refractivity contribution in [3.8, 4) is 0 Å². The molecule has 0 aromatic rings. The number of halogens is 1. The first-order valence-corrected chi connectivity index (χ1v) is 6.29. The molecule has 3 atom stereocenters. The number of rotatable bonds is 2. The van der Waals surface area contributed by atoms with Crippen LogP contribution in [0, 0.1) is 0 Å². The van der Waals surface area contributed by atoms with E-state index in [9.17, 15) is 4.79 Å². The van der Waals surface area contributed by atoms with Crippen molar-refractivity contribution < 1.29 is 4.79 Å². The molecule has 2 heterocycles. The summed E-state index contributed by atoms with van der Waals surface area (Å²) in [5.74, 6) is -0.0203. The van der Waals surface area contributed by atoms with Crippen LogP contribution in [0.25, 0.3) is 0 Å². The van der Waals surface area contributed by atoms with Gasteiger partial charge in [-0.15, -0.1) is 11.6 Å². The van der Waals surface area contributed by atoms with Crippen molar-refractivity contribution in [1.29, 1.82) is 0 Å². The number of hydrogen-bond donors (Lipinski definition) is 1. The third kappa shape index (κ3) is 2.64. The van der Waals surface area contributed by atoms with Crippen LogP contribution in [0.4, 0.5) is 0 Å². The van der Waals surface area contributed by atoms with Crippen LogP contribution in [0.3, 0.4) is 0 Å². The molecule has 2 saturated heterocycles. The molecule has 1 amide bonds. The third-order valence-corrected chi connectivity index (χ3v) is 3.73. The molecule has 3 unspecified atom stereocenters. The van der Waals surface area contributed by atoms with Gasteiger partial charge in [-0.2, -0.15) is 0 Å². The summed E-state index contributed by atoms with van der Waals surface area (Å²) in [4.78, 5) is 14.0. The summed E-state index contributed by atoms with van der Waals surface area (Å²) in [6.07, 6.45) is 4.79. The lowest BCUT2D eigenvalue weighted by molar-refractivity contribution is -0.121. The molecular formula is C11H19ClN2O. The minimum atomic E-state index is -0.411. The van der Waals surface area contributed by atoms with Crippen molar-refractivity contribution in [2.45, 2.75) is 50.1 Å². The fourth-order valence-electron chi connectivity index (χ4n) is 2.67. The summed E-state index contributed by atoms with van der Waals surface area (Å²) >= 11 is 5.74. The summed E-state index contributed by atoms with van der Waals surface area (Å²) in [5, 5.41) is 2.62. The maximum atomic E-state index is 11.4. The highest BCUT2D eigenvalue weighted by Gasteiger charge is 2.32.